The summed E-state index contributed by atoms with van der Waals surface area (Å²) in [5.41, 5.74) is 1.06. The van der Waals surface area contributed by atoms with Crippen molar-refractivity contribution in [3.63, 3.8) is 0 Å². The molecule has 1 atom stereocenters. The Balaban J connectivity index is 1.50. The summed E-state index contributed by atoms with van der Waals surface area (Å²) in [6.45, 7) is 5.86. The normalized spacial score (nSPS) is 19.7. The van der Waals surface area contributed by atoms with Gasteiger partial charge in [-0.15, -0.1) is 0 Å². The SMILES string of the molecule is O=C(C(c1ccccc1)N1CCN(c2cnccn2)CC1)N1CCOCC1. The van der Waals surface area contributed by atoms with Gasteiger partial charge in [0.25, 0.3) is 0 Å². The molecule has 7 heteroatoms. The molecule has 0 aliphatic carbocycles. The van der Waals surface area contributed by atoms with Crippen molar-refractivity contribution in [3.8, 4) is 0 Å². The molecule has 1 amide bonds. The Bertz CT molecular complexity index is 729. The van der Waals surface area contributed by atoms with E-state index < -0.39 is 0 Å². The lowest BCUT2D eigenvalue weighted by Crippen LogP contribution is -2.53. The van der Waals surface area contributed by atoms with E-state index in [1.165, 1.54) is 0 Å². The highest BCUT2D eigenvalue weighted by molar-refractivity contribution is 5.83. The van der Waals surface area contributed by atoms with E-state index in [-0.39, 0.29) is 11.9 Å². The number of hydrogen-bond acceptors (Lipinski definition) is 6. The maximum Gasteiger partial charge on any atom is 0.244 e. The quantitative estimate of drug-likeness (QED) is 0.809. The highest BCUT2D eigenvalue weighted by Crippen LogP contribution is 2.26. The van der Waals surface area contributed by atoms with Gasteiger partial charge < -0.3 is 14.5 Å². The minimum Gasteiger partial charge on any atom is -0.378 e. The molecule has 0 N–H and O–H groups in total. The zero-order valence-electron chi connectivity index (χ0n) is 15.4. The van der Waals surface area contributed by atoms with Gasteiger partial charge in [0.05, 0.1) is 19.4 Å². The molecule has 0 bridgehead atoms. The number of amides is 1. The first-order valence-corrected chi connectivity index (χ1v) is 9.49. The van der Waals surface area contributed by atoms with Gasteiger partial charge in [-0.05, 0) is 5.56 Å². The standard InChI is InChI=1S/C20H25N5O2/c26-20(25-12-14-27-15-13-25)19(17-4-2-1-3-5-17)24-10-8-23(9-11-24)18-16-21-6-7-22-18/h1-7,16,19H,8-15H2. The van der Waals surface area contributed by atoms with Crippen molar-refractivity contribution in [2.24, 2.45) is 0 Å². The summed E-state index contributed by atoms with van der Waals surface area (Å²) in [6, 6.07) is 9.87. The molecular formula is C20H25N5O2. The zero-order chi connectivity index (χ0) is 18.5. The molecule has 2 fully saturated rings. The van der Waals surface area contributed by atoms with Gasteiger partial charge in [-0.2, -0.15) is 0 Å². The number of nitrogens with zero attached hydrogens (tertiary/aromatic N) is 5. The fourth-order valence-electron chi connectivity index (χ4n) is 3.77. The predicted molar refractivity (Wildman–Crippen MR) is 102 cm³/mol. The molecule has 2 saturated heterocycles. The smallest absolute Gasteiger partial charge is 0.244 e. The van der Waals surface area contributed by atoms with Crippen LogP contribution in [-0.2, 0) is 9.53 Å². The van der Waals surface area contributed by atoms with Gasteiger partial charge in [-0.25, -0.2) is 4.98 Å². The van der Waals surface area contributed by atoms with E-state index in [9.17, 15) is 4.79 Å². The molecule has 0 spiro atoms. The van der Waals surface area contributed by atoms with E-state index in [0.717, 1.165) is 37.6 Å². The van der Waals surface area contributed by atoms with Crippen LogP contribution in [0.15, 0.2) is 48.9 Å². The number of carbonyl (C=O) groups excluding carboxylic acids is 1. The van der Waals surface area contributed by atoms with Crippen molar-refractivity contribution in [3.05, 3.63) is 54.5 Å². The Morgan fingerprint density at radius 3 is 2.37 bits per heavy atom. The lowest BCUT2D eigenvalue weighted by molar-refractivity contribution is -0.141. The van der Waals surface area contributed by atoms with Gasteiger partial charge in [0.15, 0.2) is 0 Å². The lowest BCUT2D eigenvalue weighted by atomic mass is 10.0. The van der Waals surface area contributed by atoms with Crippen LogP contribution in [0.2, 0.25) is 0 Å². The molecule has 142 valence electrons. The van der Waals surface area contributed by atoms with Gasteiger partial charge in [-0.3, -0.25) is 14.7 Å². The van der Waals surface area contributed by atoms with E-state index in [0.29, 0.717) is 26.3 Å². The van der Waals surface area contributed by atoms with Crippen molar-refractivity contribution in [2.75, 3.05) is 57.4 Å². The Kier molecular flexibility index (Phi) is 5.60. The molecule has 1 aromatic heterocycles. The third kappa shape index (κ3) is 4.09. The van der Waals surface area contributed by atoms with E-state index >= 15 is 0 Å². The number of anilines is 1. The molecule has 4 rings (SSSR count). The number of hydrogen-bond donors (Lipinski definition) is 0. The molecular weight excluding hydrogens is 342 g/mol. The zero-order valence-corrected chi connectivity index (χ0v) is 15.4. The summed E-state index contributed by atoms with van der Waals surface area (Å²) in [5.74, 6) is 1.07. The van der Waals surface area contributed by atoms with E-state index in [2.05, 4.69) is 31.9 Å². The molecule has 0 saturated carbocycles. The van der Waals surface area contributed by atoms with Gasteiger partial charge >= 0.3 is 0 Å². The number of piperazine rings is 1. The highest BCUT2D eigenvalue weighted by atomic mass is 16.5. The lowest BCUT2D eigenvalue weighted by Gasteiger charge is -2.41. The second-order valence-corrected chi connectivity index (χ2v) is 6.84. The first kappa shape index (κ1) is 17.9. The Morgan fingerprint density at radius 1 is 0.963 bits per heavy atom. The van der Waals surface area contributed by atoms with Crippen molar-refractivity contribution in [1.82, 2.24) is 19.8 Å². The summed E-state index contributed by atoms with van der Waals surface area (Å²) < 4.78 is 5.42. The molecule has 2 aliphatic heterocycles. The fourth-order valence-corrected chi connectivity index (χ4v) is 3.77. The van der Waals surface area contributed by atoms with Crippen LogP contribution >= 0.6 is 0 Å². The van der Waals surface area contributed by atoms with Crippen LogP contribution in [0, 0.1) is 0 Å². The first-order valence-electron chi connectivity index (χ1n) is 9.49. The second kappa shape index (κ2) is 8.45. The Labute approximate surface area is 159 Å². The van der Waals surface area contributed by atoms with Crippen molar-refractivity contribution >= 4 is 11.7 Å². The number of morpholine rings is 1. The van der Waals surface area contributed by atoms with E-state index in [1.54, 1.807) is 18.6 Å². The van der Waals surface area contributed by atoms with Crippen LogP contribution < -0.4 is 4.90 Å². The van der Waals surface area contributed by atoms with Gasteiger partial charge in [0.2, 0.25) is 5.91 Å². The minimum atomic E-state index is -0.242. The Hall–Kier alpha value is -2.51. The maximum absolute atomic E-state index is 13.3. The van der Waals surface area contributed by atoms with Crippen LogP contribution in [0.5, 0.6) is 0 Å². The molecule has 0 radical (unpaired) electrons. The number of carbonyl (C=O) groups is 1. The molecule has 1 aromatic carbocycles. The summed E-state index contributed by atoms with van der Waals surface area (Å²) in [7, 11) is 0. The van der Waals surface area contributed by atoms with Gasteiger partial charge in [-0.1, -0.05) is 30.3 Å². The van der Waals surface area contributed by atoms with Crippen LogP contribution in [0.3, 0.4) is 0 Å². The van der Waals surface area contributed by atoms with Gasteiger partial charge in [0, 0.05) is 51.7 Å². The number of aromatic nitrogens is 2. The predicted octanol–water partition coefficient (Wildman–Crippen LogP) is 1.20. The first-order chi connectivity index (χ1) is 13.3. The molecule has 2 aromatic rings. The molecule has 7 nitrogen and oxygen atoms in total. The largest absolute Gasteiger partial charge is 0.378 e. The summed E-state index contributed by atoms with van der Waals surface area (Å²) in [4.78, 5) is 28.4. The summed E-state index contributed by atoms with van der Waals surface area (Å²) >= 11 is 0. The van der Waals surface area contributed by atoms with E-state index in [1.807, 2.05) is 23.1 Å². The van der Waals surface area contributed by atoms with Crippen molar-refractivity contribution < 1.29 is 9.53 Å². The minimum absolute atomic E-state index is 0.178. The van der Waals surface area contributed by atoms with Crippen LogP contribution in [0.4, 0.5) is 5.82 Å². The Morgan fingerprint density at radius 2 is 1.70 bits per heavy atom. The second-order valence-electron chi connectivity index (χ2n) is 6.84. The number of ether oxygens (including phenoxy) is 1. The molecule has 27 heavy (non-hydrogen) atoms. The molecule has 2 aliphatic rings. The maximum atomic E-state index is 13.3. The molecule has 1 unspecified atom stereocenters. The highest BCUT2D eigenvalue weighted by Gasteiger charge is 2.34. The van der Waals surface area contributed by atoms with Crippen molar-refractivity contribution in [1.29, 1.82) is 0 Å². The topological polar surface area (TPSA) is 61.8 Å². The average molecular weight is 367 g/mol. The number of benzene rings is 1. The summed E-state index contributed by atoms with van der Waals surface area (Å²) in [6.07, 6.45) is 5.20. The van der Waals surface area contributed by atoms with Gasteiger partial charge in [0.1, 0.15) is 11.9 Å². The van der Waals surface area contributed by atoms with Crippen LogP contribution in [-0.4, -0.2) is 78.2 Å². The fraction of sp³-hybridized carbons (Fsp3) is 0.450. The average Bonchev–Trinajstić information content (AvgIpc) is 2.76. The van der Waals surface area contributed by atoms with Crippen LogP contribution in [0.1, 0.15) is 11.6 Å². The van der Waals surface area contributed by atoms with E-state index in [4.69, 9.17) is 4.74 Å². The van der Waals surface area contributed by atoms with Crippen LogP contribution in [0.25, 0.3) is 0 Å². The number of rotatable bonds is 4. The third-order valence-corrected chi connectivity index (χ3v) is 5.22. The molecule has 3 heterocycles. The summed E-state index contributed by atoms with van der Waals surface area (Å²) in [5, 5.41) is 0. The van der Waals surface area contributed by atoms with Crippen molar-refractivity contribution in [2.45, 2.75) is 6.04 Å². The monoisotopic (exact) mass is 367 g/mol. The third-order valence-electron chi connectivity index (χ3n) is 5.22.